The molecule has 0 unspecified atom stereocenters. The molecular weight excluding hydrogens is 244 g/mol. The van der Waals surface area contributed by atoms with Gasteiger partial charge >= 0.3 is 11.9 Å². The number of cyclic esters (lactones) is 2. The van der Waals surface area contributed by atoms with Gasteiger partial charge in [0.25, 0.3) is 0 Å². The van der Waals surface area contributed by atoms with Crippen LogP contribution in [0.25, 0.3) is 16.3 Å². The molecule has 0 atom stereocenters. The molecule has 0 saturated carbocycles. The average molecular weight is 254 g/mol. The summed E-state index contributed by atoms with van der Waals surface area (Å²) < 4.78 is 9.82. The molecule has 1 aliphatic rings. The summed E-state index contributed by atoms with van der Waals surface area (Å²) in [7, 11) is 1.59. The normalized spacial score (nSPS) is 14.5. The van der Waals surface area contributed by atoms with Crippen molar-refractivity contribution in [3.8, 4) is 5.75 Å². The van der Waals surface area contributed by atoms with Gasteiger partial charge in [-0.05, 0) is 23.1 Å². The van der Waals surface area contributed by atoms with E-state index in [1.165, 1.54) is 6.08 Å². The van der Waals surface area contributed by atoms with Crippen molar-refractivity contribution >= 4 is 28.3 Å². The molecule has 0 N–H and O–H groups in total. The molecule has 3 rings (SSSR count). The monoisotopic (exact) mass is 254 g/mol. The number of fused-ring (bicyclic) bond motifs is 1. The van der Waals surface area contributed by atoms with E-state index in [0.29, 0.717) is 5.56 Å². The number of hydrogen-bond acceptors (Lipinski definition) is 4. The van der Waals surface area contributed by atoms with Crippen LogP contribution in [-0.2, 0) is 14.3 Å². The summed E-state index contributed by atoms with van der Waals surface area (Å²) >= 11 is 0. The van der Waals surface area contributed by atoms with E-state index >= 15 is 0 Å². The van der Waals surface area contributed by atoms with Crippen LogP contribution in [-0.4, -0.2) is 19.0 Å². The Labute approximate surface area is 109 Å². The molecule has 0 saturated heterocycles. The van der Waals surface area contributed by atoms with E-state index in [9.17, 15) is 9.59 Å². The molecule has 0 aromatic heterocycles. The minimum atomic E-state index is -0.625. The summed E-state index contributed by atoms with van der Waals surface area (Å²) in [4.78, 5) is 22.8. The molecule has 19 heavy (non-hydrogen) atoms. The van der Waals surface area contributed by atoms with Crippen LogP contribution >= 0.6 is 0 Å². The van der Waals surface area contributed by atoms with Crippen molar-refractivity contribution in [1.29, 1.82) is 0 Å². The summed E-state index contributed by atoms with van der Waals surface area (Å²) in [6.07, 6.45) is 1.22. The van der Waals surface area contributed by atoms with E-state index in [1.54, 1.807) is 19.2 Å². The van der Waals surface area contributed by atoms with Crippen molar-refractivity contribution < 1.29 is 19.1 Å². The van der Waals surface area contributed by atoms with Crippen molar-refractivity contribution in [2.45, 2.75) is 0 Å². The van der Waals surface area contributed by atoms with E-state index in [4.69, 9.17) is 4.74 Å². The summed E-state index contributed by atoms with van der Waals surface area (Å²) in [6, 6.07) is 11.1. The number of esters is 2. The number of methoxy groups -OCH3 is 1. The van der Waals surface area contributed by atoms with E-state index in [-0.39, 0.29) is 5.57 Å². The molecule has 4 heteroatoms. The zero-order chi connectivity index (χ0) is 13.4. The maximum Gasteiger partial charge on any atom is 0.346 e. The van der Waals surface area contributed by atoms with Crippen molar-refractivity contribution in [2.24, 2.45) is 0 Å². The Morgan fingerprint density at radius 3 is 2.37 bits per heavy atom. The molecule has 2 aromatic carbocycles. The second-order valence-electron chi connectivity index (χ2n) is 4.13. The minimum Gasteiger partial charge on any atom is -0.496 e. The van der Waals surface area contributed by atoms with Crippen LogP contribution in [0.15, 0.2) is 42.5 Å². The van der Waals surface area contributed by atoms with Gasteiger partial charge in [-0.25, -0.2) is 9.59 Å². The fraction of sp³-hybridized carbons (Fsp3) is 0.0667. The van der Waals surface area contributed by atoms with Gasteiger partial charge in [-0.3, -0.25) is 0 Å². The second kappa shape index (κ2) is 4.24. The SMILES string of the molecule is COc1ccc(C2=CC(=O)OC2=O)c2ccccc12. The summed E-state index contributed by atoms with van der Waals surface area (Å²) in [5.74, 6) is -0.516. The first-order valence-electron chi connectivity index (χ1n) is 5.74. The Kier molecular flexibility index (Phi) is 2.56. The summed E-state index contributed by atoms with van der Waals surface area (Å²) in [5.41, 5.74) is 0.955. The van der Waals surface area contributed by atoms with Crippen molar-refractivity contribution in [3.05, 3.63) is 48.0 Å². The molecule has 0 fully saturated rings. The van der Waals surface area contributed by atoms with E-state index in [1.807, 2.05) is 24.3 Å². The van der Waals surface area contributed by atoms with Crippen LogP contribution in [0.1, 0.15) is 5.56 Å². The maximum atomic E-state index is 11.6. The zero-order valence-corrected chi connectivity index (χ0v) is 10.2. The largest absolute Gasteiger partial charge is 0.496 e. The Morgan fingerprint density at radius 2 is 1.74 bits per heavy atom. The Balaban J connectivity index is 2.29. The van der Waals surface area contributed by atoms with Gasteiger partial charge in [0, 0.05) is 11.5 Å². The van der Waals surface area contributed by atoms with E-state index in [2.05, 4.69) is 4.74 Å². The molecule has 0 amide bonds. The highest BCUT2D eigenvalue weighted by molar-refractivity contribution is 6.30. The molecule has 4 nitrogen and oxygen atoms in total. The van der Waals surface area contributed by atoms with Gasteiger partial charge in [-0.15, -0.1) is 0 Å². The van der Waals surface area contributed by atoms with E-state index in [0.717, 1.165) is 16.5 Å². The number of ether oxygens (including phenoxy) is 2. The smallest absolute Gasteiger partial charge is 0.346 e. The lowest BCUT2D eigenvalue weighted by atomic mass is 9.98. The highest BCUT2D eigenvalue weighted by Crippen LogP contribution is 2.33. The fourth-order valence-corrected chi connectivity index (χ4v) is 2.22. The molecule has 1 heterocycles. The number of carbonyl (C=O) groups is 2. The number of hydrogen-bond donors (Lipinski definition) is 0. The molecule has 0 radical (unpaired) electrons. The quantitative estimate of drug-likeness (QED) is 0.609. The maximum absolute atomic E-state index is 11.6. The minimum absolute atomic E-state index is 0.281. The van der Waals surface area contributed by atoms with Crippen LogP contribution in [0.5, 0.6) is 5.75 Å². The third kappa shape index (κ3) is 1.78. The van der Waals surface area contributed by atoms with Crippen molar-refractivity contribution in [3.63, 3.8) is 0 Å². The standard InChI is InChI=1S/C15H10O4/c1-18-13-7-6-10(9-4-2-3-5-11(9)13)12-8-14(16)19-15(12)17/h2-8H,1H3. The Hall–Kier alpha value is -2.62. The Morgan fingerprint density at radius 1 is 1.00 bits per heavy atom. The molecular formula is C15H10O4. The summed E-state index contributed by atoms with van der Waals surface area (Å²) in [5, 5.41) is 1.73. The summed E-state index contributed by atoms with van der Waals surface area (Å²) in [6.45, 7) is 0. The molecule has 94 valence electrons. The van der Waals surface area contributed by atoms with Crippen LogP contribution in [0.2, 0.25) is 0 Å². The lowest BCUT2D eigenvalue weighted by Crippen LogP contribution is -2.01. The van der Waals surface area contributed by atoms with Gasteiger partial charge in [-0.1, -0.05) is 24.3 Å². The van der Waals surface area contributed by atoms with Crippen LogP contribution in [0.3, 0.4) is 0 Å². The highest BCUT2D eigenvalue weighted by Gasteiger charge is 2.26. The highest BCUT2D eigenvalue weighted by atomic mass is 16.6. The molecule has 0 spiro atoms. The molecule has 0 bridgehead atoms. The predicted octanol–water partition coefficient (Wildman–Crippen LogP) is 2.32. The first-order chi connectivity index (χ1) is 9.20. The fourth-order valence-electron chi connectivity index (χ4n) is 2.22. The van der Waals surface area contributed by atoms with Gasteiger partial charge in [0.2, 0.25) is 0 Å². The molecule has 0 aliphatic carbocycles. The van der Waals surface area contributed by atoms with Gasteiger partial charge < -0.3 is 9.47 Å². The van der Waals surface area contributed by atoms with Crippen molar-refractivity contribution in [1.82, 2.24) is 0 Å². The van der Waals surface area contributed by atoms with Crippen LogP contribution < -0.4 is 4.74 Å². The van der Waals surface area contributed by atoms with E-state index < -0.39 is 11.9 Å². The lowest BCUT2D eigenvalue weighted by molar-refractivity contribution is -0.149. The van der Waals surface area contributed by atoms with Gasteiger partial charge in [0.05, 0.1) is 12.7 Å². The molecule has 1 aliphatic heterocycles. The third-order valence-electron chi connectivity index (χ3n) is 3.07. The average Bonchev–Trinajstić information content (AvgIpc) is 2.76. The van der Waals surface area contributed by atoms with Crippen LogP contribution in [0.4, 0.5) is 0 Å². The lowest BCUT2D eigenvalue weighted by Gasteiger charge is -2.09. The number of rotatable bonds is 2. The molecule has 2 aromatic rings. The van der Waals surface area contributed by atoms with Crippen molar-refractivity contribution in [2.75, 3.05) is 7.11 Å². The number of benzene rings is 2. The van der Waals surface area contributed by atoms with Crippen LogP contribution in [0, 0.1) is 0 Å². The topological polar surface area (TPSA) is 52.6 Å². The predicted molar refractivity (Wildman–Crippen MR) is 69.6 cm³/mol. The second-order valence-corrected chi connectivity index (χ2v) is 4.13. The van der Waals surface area contributed by atoms with Gasteiger partial charge in [-0.2, -0.15) is 0 Å². The number of carbonyl (C=O) groups excluding carboxylic acids is 2. The first kappa shape index (κ1) is 11.5. The zero-order valence-electron chi connectivity index (χ0n) is 10.2. The Bertz CT molecular complexity index is 728. The third-order valence-corrected chi connectivity index (χ3v) is 3.07. The van der Waals surface area contributed by atoms with Gasteiger partial charge in [0.1, 0.15) is 5.75 Å². The van der Waals surface area contributed by atoms with Gasteiger partial charge in [0.15, 0.2) is 0 Å². The first-order valence-corrected chi connectivity index (χ1v) is 5.74.